The fourth-order valence-electron chi connectivity index (χ4n) is 2.65. The number of nitrogens with two attached hydrogens (primary N) is 1. The predicted molar refractivity (Wildman–Crippen MR) is 99.1 cm³/mol. The average molecular weight is 322 g/mol. The van der Waals surface area contributed by atoms with Gasteiger partial charge in [0.2, 0.25) is 0 Å². The fraction of sp³-hybridized carbons (Fsp3) is 0.263. The first-order chi connectivity index (χ1) is 11.5. The third kappa shape index (κ3) is 2.90. The highest BCUT2D eigenvalue weighted by atomic mass is 16.1. The van der Waals surface area contributed by atoms with Crippen molar-refractivity contribution in [1.29, 1.82) is 0 Å². The third-order valence-corrected chi connectivity index (χ3v) is 4.44. The zero-order valence-corrected chi connectivity index (χ0v) is 14.2. The Morgan fingerprint density at radius 2 is 1.88 bits per heavy atom. The van der Waals surface area contributed by atoms with Crippen molar-refractivity contribution in [3.63, 3.8) is 0 Å². The largest absolute Gasteiger partial charge is 0.398 e. The molecule has 2 aromatic carbocycles. The van der Waals surface area contributed by atoms with Gasteiger partial charge in [0.05, 0.1) is 22.3 Å². The molecule has 1 aromatic heterocycles. The van der Waals surface area contributed by atoms with Crippen molar-refractivity contribution in [1.82, 2.24) is 15.2 Å². The minimum atomic E-state index is -0.128. The number of hydrogen-bond acceptors (Lipinski definition) is 4. The van der Waals surface area contributed by atoms with Crippen LogP contribution in [0, 0.1) is 0 Å². The van der Waals surface area contributed by atoms with E-state index in [9.17, 15) is 4.79 Å². The summed E-state index contributed by atoms with van der Waals surface area (Å²) >= 11 is 0. The first-order valence-electron chi connectivity index (χ1n) is 8.00. The van der Waals surface area contributed by atoms with Crippen LogP contribution >= 0.6 is 0 Å². The van der Waals surface area contributed by atoms with Crippen LogP contribution in [0.4, 0.5) is 5.69 Å². The first-order valence-corrected chi connectivity index (χ1v) is 8.00. The molecule has 0 spiro atoms. The fourth-order valence-corrected chi connectivity index (χ4v) is 2.65. The van der Waals surface area contributed by atoms with Gasteiger partial charge in [0, 0.05) is 23.4 Å². The van der Waals surface area contributed by atoms with Gasteiger partial charge in [-0.1, -0.05) is 30.3 Å². The monoisotopic (exact) mass is 322 g/mol. The Bertz CT molecular complexity index is 904. The van der Waals surface area contributed by atoms with Gasteiger partial charge in [-0.3, -0.25) is 4.79 Å². The van der Waals surface area contributed by atoms with Crippen LogP contribution in [0.15, 0.2) is 42.5 Å². The SMILES string of the molecule is CC(CNC(=O)c1cccc2c(N)c3ccccc3nc12)N(C)C. The number of carbonyl (C=O) groups is 1. The van der Waals surface area contributed by atoms with E-state index < -0.39 is 0 Å². The molecule has 0 aliphatic heterocycles. The molecule has 0 fully saturated rings. The zero-order valence-electron chi connectivity index (χ0n) is 14.2. The van der Waals surface area contributed by atoms with E-state index in [2.05, 4.69) is 22.1 Å². The van der Waals surface area contributed by atoms with Crippen LogP contribution in [0.2, 0.25) is 0 Å². The Morgan fingerprint density at radius 3 is 2.62 bits per heavy atom. The van der Waals surface area contributed by atoms with E-state index in [0.717, 1.165) is 16.3 Å². The Hall–Kier alpha value is -2.66. The van der Waals surface area contributed by atoms with E-state index in [4.69, 9.17) is 5.73 Å². The normalized spacial score (nSPS) is 12.7. The maximum Gasteiger partial charge on any atom is 0.253 e. The van der Waals surface area contributed by atoms with Crippen LogP contribution in [-0.4, -0.2) is 42.5 Å². The highest BCUT2D eigenvalue weighted by Crippen LogP contribution is 2.29. The van der Waals surface area contributed by atoms with Crippen LogP contribution in [0.25, 0.3) is 21.8 Å². The lowest BCUT2D eigenvalue weighted by atomic mass is 10.0. The molecule has 5 heteroatoms. The summed E-state index contributed by atoms with van der Waals surface area (Å²) in [6.07, 6.45) is 0. The second-order valence-corrected chi connectivity index (χ2v) is 6.27. The number of hydrogen-bond donors (Lipinski definition) is 2. The molecule has 0 bridgehead atoms. The highest BCUT2D eigenvalue weighted by Gasteiger charge is 2.15. The van der Waals surface area contributed by atoms with Crippen LogP contribution < -0.4 is 11.1 Å². The van der Waals surface area contributed by atoms with E-state index in [1.165, 1.54) is 0 Å². The number of nitrogen functional groups attached to an aromatic ring is 1. The van der Waals surface area contributed by atoms with Gasteiger partial charge in [0.1, 0.15) is 0 Å². The lowest BCUT2D eigenvalue weighted by molar-refractivity contribution is 0.0945. The molecule has 0 saturated heterocycles. The van der Waals surface area contributed by atoms with Gasteiger partial charge in [0.25, 0.3) is 5.91 Å². The third-order valence-electron chi connectivity index (χ3n) is 4.44. The number of nitrogens with zero attached hydrogens (tertiary/aromatic N) is 2. The summed E-state index contributed by atoms with van der Waals surface area (Å²) in [4.78, 5) is 19.4. The lowest BCUT2D eigenvalue weighted by Gasteiger charge is -2.20. The number of pyridine rings is 1. The molecular formula is C19H22N4O. The van der Waals surface area contributed by atoms with Crippen molar-refractivity contribution in [3.8, 4) is 0 Å². The molecule has 1 heterocycles. The first kappa shape index (κ1) is 16.2. The summed E-state index contributed by atoms with van der Waals surface area (Å²) in [6.45, 7) is 2.64. The summed E-state index contributed by atoms with van der Waals surface area (Å²) in [5.74, 6) is -0.128. The topological polar surface area (TPSA) is 71.2 Å². The summed E-state index contributed by atoms with van der Waals surface area (Å²) < 4.78 is 0. The van der Waals surface area contributed by atoms with E-state index in [1.54, 1.807) is 6.07 Å². The van der Waals surface area contributed by atoms with Crippen molar-refractivity contribution in [3.05, 3.63) is 48.0 Å². The number of anilines is 1. The molecule has 0 aliphatic carbocycles. The van der Waals surface area contributed by atoms with Gasteiger partial charge in [-0.05, 0) is 33.2 Å². The van der Waals surface area contributed by atoms with Gasteiger partial charge < -0.3 is 16.0 Å². The van der Waals surface area contributed by atoms with Crippen molar-refractivity contribution in [2.45, 2.75) is 13.0 Å². The molecule has 124 valence electrons. The number of likely N-dealkylation sites (N-methyl/N-ethyl adjacent to an activating group) is 1. The van der Waals surface area contributed by atoms with Crippen molar-refractivity contribution in [2.24, 2.45) is 0 Å². The quantitative estimate of drug-likeness (QED) is 0.725. The van der Waals surface area contributed by atoms with E-state index in [0.29, 0.717) is 23.3 Å². The number of fused-ring (bicyclic) bond motifs is 2. The lowest BCUT2D eigenvalue weighted by Crippen LogP contribution is -2.38. The number of amides is 1. The van der Waals surface area contributed by atoms with Gasteiger partial charge in [0.15, 0.2) is 0 Å². The Labute approximate surface area is 141 Å². The number of benzene rings is 2. The van der Waals surface area contributed by atoms with Gasteiger partial charge in [-0.25, -0.2) is 4.98 Å². The summed E-state index contributed by atoms with van der Waals surface area (Å²) in [7, 11) is 3.98. The number of para-hydroxylation sites is 2. The number of aromatic nitrogens is 1. The van der Waals surface area contributed by atoms with Gasteiger partial charge >= 0.3 is 0 Å². The number of carbonyl (C=O) groups excluding carboxylic acids is 1. The summed E-state index contributed by atoms with van der Waals surface area (Å²) in [5.41, 5.74) is 8.96. The zero-order chi connectivity index (χ0) is 17.3. The molecule has 1 amide bonds. The van der Waals surface area contributed by atoms with E-state index >= 15 is 0 Å². The van der Waals surface area contributed by atoms with Gasteiger partial charge in [-0.2, -0.15) is 0 Å². The molecule has 0 aliphatic rings. The van der Waals surface area contributed by atoms with Gasteiger partial charge in [-0.15, -0.1) is 0 Å². The van der Waals surface area contributed by atoms with Crippen LogP contribution in [-0.2, 0) is 0 Å². The average Bonchev–Trinajstić information content (AvgIpc) is 2.59. The highest BCUT2D eigenvalue weighted by molar-refractivity contribution is 6.13. The van der Waals surface area contributed by atoms with Crippen LogP contribution in [0.1, 0.15) is 17.3 Å². The Morgan fingerprint density at radius 1 is 1.17 bits per heavy atom. The summed E-state index contributed by atoms with van der Waals surface area (Å²) in [5, 5.41) is 4.69. The molecule has 5 nitrogen and oxygen atoms in total. The molecule has 1 atom stereocenters. The maximum atomic E-state index is 12.6. The predicted octanol–water partition coefficient (Wildman–Crippen LogP) is 2.65. The second kappa shape index (κ2) is 6.45. The summed E-state index contributed by atoms with van der Waals surface area (Å²) in [6, 6.07) is 13.5. The number of nitrogens with one attached hydrogen (secondary N) is 1. The molecule has 1 unspecified atom stereocenters. The molecule has 3 rings (SSSR count). The Kier molecular flexibility index (Phi) is 4.36. The van der Waals surface area contributed by atoms with Crippen LogP contribution in [0.5, 0.6) is 0 Å². The smallest absolute Gasteiger partial charge is 0.253 e. The minimum absolute atomic E-state index is 0.128. The van der Waals surface area contributed by atoms with Crippen LogP contribution in [0.3, 0.4) is 0 Å². The molecule has 0 radical (unpaired) electrons. The standard InChI is InChI=1S/C19H22N4O/c1-12(23(2)3)11-21-19(24)15-9-6-8-14-17(20)13-7-4-5-10-16(13)22-18(14)15/h4-10,12H,11H2,1-3H3,(H2,20,22)(H,21,24). The molecule has 0 saturated carbocycles. The van der Waals surface area contributed by atoms with Crippen molar-refractivity contribution >= 4 is 33.4 Å². The minimum Gasteiger partial charge on any atom is -0.398 e. The second-order valence-electron chi connectivity index (χ2n) is 6.27. The Balaban J connectivity index is 2.04. The van der Waals surface area contributed by atoms with Crippen molar-refractivity contribution in [2.75, 3.05) is 26.4 Å². The van der Waals surface area contributed by atoms with E-state index in [-0.39, 0.29) is 11.9 Å². The van der Waals surface area contributed by atoms with E-state index in [1.807, 2.05) is 50.5 Å². The molecular weight excluding hydrogens is 300 g/mol. The maximum absolute atomic E-state index is 12.6. The molecule has 3 N–H and O–H groups in total. The van der Waals surface area contributed by atoms with Crippen molar-refractivity contribution < 1.29 is 4.79 Å². The molecule has 24 heavy (non-hydrogen) atoms. The molecule has 3 aromatic rings. The number of rotatable bonds is 4.